The summed E-state index contributed by atoms with van der Waals surface area (Å²) >= 11 is 1.18. The molecule has 134 valence electrons. The van der Waals surface area contributed by atoms with E-state index < -0.39 is 0 Å². The molecule has 0 aliphatic heterocycles. The molecule has 0 atom stereocenters. The highest BCUT2D eigenvalue weighted by molar-refractivity contribution is 7.16. The normalized spacial score (nSPS) is 13.7. The van der Waals surface area contributed by atoms with E-state index in [-0.39, 0.29) is 11.6 Å². The van der Waals surface area contributed by atoms with Gasteiger partial charge in [0.15, 0.2) is 5.13 Å². The molecule has 1 N–H and O–H groups in total. The van der Waals surface area contributed by atoms with E-state index >= 15 is 0 Å². The predicted octanol–water partition coefficient (Wildman–Crippen LogP) is 1.53. The Morgan fingerprint density at radius 2 is 2.23 bits per heavy atom. The van der Waals surface area contributed by atoms with Crippen molar-refractivity contribution in [2.75, 3.05) is 0 Å². The summed E-state index contributed by atoms with van der Waals surface area (Å²) in [4.78, 5) is 33.9. The summed E-state index contributed by atoms with van der Waals surface area (Å²) in [7, 11) is 0. The zero-order valence-corrected chi connectivity index (χ0v) is 15.1. The van der Waals surface area contributed by atoms with Crippen molar-refractivity contribution in [2.24, 2.45) is 5.92 Å². The molecule has 1 amide bonds. The lowest BCUT2D eigenvalue weighted by atomic mass is 10.3. The number of nitrogens with zero attached hydrogens (tertiary/aromatic N) is 5. The zero-order chi connectivity index (χ0) is 18.1. The summed E-state index contributed by atoms with van der Waals surface area (Å²) in [6.07, 6.45) is 5.45. The van der Waals surface area contributed by atoms with Crippen LogP contribution < -0.4 is 11.0 Å². The lowest BCUT2D eigenvalue weighted by Crippen LogP contribution is -2.24. The highest BCUT2D eigenvalue weighted by Gasteiger charge is 2.24. The third-order valence-corrected chi connectivity index (χ3v) is 5.37. The van der Waals surface area contributed by atoms with Crippen LogP contribution in [-0.2, 0) is 13.1 Å². The molecular weight excluding hydrogens is 352 g/mol. The van der Waals surface area contributed by atoms with E-state index in [0.717, 1.165) is 18.5 Å². The fourth-order valence-corrected chi connectivity index (χ4v) is 3.54. The minimum atomic E-state index is -0.227. The van der Waals surface area contributed by atoms with Crippen LogP contribution in [0, 0.1) is 12.8 Å². The van der Waals surface area contributed by atoms with Crippen LogP contribution in [0.2, 0.25) is 0 Å². The topological polar surface area (TPSA) is 94.7 Å². The summed E-state index contributed by atoms with van der Waals surface area (Å²) in [5.41, 5.74) is 1.15. The van der Waals surface area contributed by atoms with E-state index in [9.17, 15) is 9.59 Å². The molecule has 3 heterocycles. The van der Waals surface area contributed by atoms with Crippen molar-refractivity contribution in [3.05, 3.63) is 57.5 Å². The summed E-state index contributed by atoms with van der Waals surface area (Å²) in [6, 6.07) is 5.54. The number of hydrogen-bond acceptors (Lipinski definition) is 6. The number of aryl methyl sites for hydroxylation is 1. The molecule has 9 heteroatoms. The van der Waals surface area contributed by atoms with Crippen LogP contribution in [0.3, 0.4) is 0 Å². The Morgan fingerprint density at radius 1 is 1.38 bits per heavy atom. The quantitative estimate of drug-likeness (QED) is 0.710. The van der Waals surface area contributed by atoms with Crippen LogP contribution in [0.1, 0.15) is 33.9 Å². The Balaban J connectivity index is 1.51. The van der Waals surface area contributed by atoms with Gasteiger partial charge in [-0.25, -0.2) is 19.0 Å². The average Bonchev–Trinajstić information content (AvgIpc) is 3.28. The Hall–Kier alpha value is -2.81. The van der Waals surface area contributed by atoms with Crippen molar-refractivity contribution >= 4 is 17.2 Å². The molecule has 0 aromatic carbocycles. The minimum absolute atomic E-state index is 0.217. The zero-order valence-electron chi connectivity index (χ0n) is 14.3. The maximum Gasteiger partial charge on any atom is 0.352 e. The van der Waals surface area contributed by atoms with Gasteiger partial charge in [-0.3, -0.25) is 9.78 Å². The monoisotopic (exact) mass is 370 g/mol. The van der Waals surface area contributed by atoms with E-state index in [1.165, 1.54) is 26.9 Å². The Labute approximate surface area is 153 Å². The van der Waals surface area contributed by atoms with Gasteiger partial charge in [0.25, 0.3) is 5.91 Å². The van der Waals surface area contributed by atoms with Gasteiger partial charge in [-0.2, -0.15) is 5.10 Å². The summed E-state index contributed by atoms with van der Waals surface area (Å²) in [5.74, 6) is 0.331. The third-order valence-electron chi connectivity index (χ3n) is 4.22. The fourth-order valence-electron chi connectivity index (χ4n) is 2.59. The molecule has 0 spiro atoms. The van der Waals surface area contributed by atoms with Crippen LogP contribution in [0.4, 0.5) is 0 Å². The molecule has 0 bridgehead atoms. The molecule has 0 saturated heterocycles. The maximum absolute atomic E-state index is 12.5. The standard InChI is InChI=1S/C17H18N6O2S/c1-11-14(15(24)19-8-13-4-2-3-7-18-13)26-16(21-11)22-10-20-23(17(22)25)9-12-5-6-12/h2-4,7,10,12H,5-6,8-9H2,1H3,(H,19,24). The van der Waals surface area contributed by atoms with Gasteiger partial charge >= 0.3 is 5.69 Å². The summed E-state index contributed by atoms with van der Waals surface area (Å²) in [6.45, 7) is 2.74. The lowest BCUT2D eigenvalue weighted by molar-refractivity contribution is 0.0953. The molecule has 8 nitrogen and oxygen atoms in total. The third kappa shape index (κ3) is 3.43. The summed E-state index contributed by atoms with van der Waals surface area (Å²) in [5, 5.41) is 7.45. The van der Waals surface area contributed by atoms with Gasteiger partial charge in [-0.05, 0) is 37.8 Å². The number of carbonyl (C=O) groups excluding carboxylic acids is 1. The molecule has 1 saturated carbocycles. The second-order valence-electron chi connectivity index (χ2n) is 6.32. The largest absolute Gasteiger partial charge is 0.352 e. The fraction of sp³-hybridized carbons (Fsp3) is 0.353. The van der Waals surface area contributed by atoms with E-state index in [4.69, 9.17) is 0 Å². The molecule has 4 rings (SSSR count). The van der Waals surface area contributed by atoms with Gasteiger partial charge in [0.05, 0.1) is 17.9 Å². The Bertz CT molecular complexity index is 986. The van der Waals surface area contributed by atoms with Crippen LogP contribution in [0.25, 0.3) is 5.13 Å². The van der Waals surface area contributed by atoms with E-state index in [0.29, 0.717) is 34.7 Å². The first-order valence-electron chi connectivity index (χ1n) is 8.42. The predicted molar refractivity (Wildman–Crippen MR) is 96.4 cm³/mol. The van der Waals surface area contributed by atoms with Crippen LogP contribution in [-0.4, -0.2) is 30.2 Å². The highest BCUT2D eigenvalue weighted by atomic mass is 32.1. The van der Waals surface area contributed by atoms with Gasteiger partial charge < -0.3 is 5.32 Å². The Kier molecular flexibility index (Phi) is 4.37. The van der Waals surface area contributed by atoms with Crippen molar-refractivity contribution in [1.82, 2.24) is 29.6 Å². The van der Waals surface area contributed by atoms with Crippen molar-refractivity contribution in [2.45, 2.75) is 32.9 Å². The number of aromatic nitrogens is 5. The molecule has 3 aromatic rings. The Morgan fingerprint density at radius 3 is 2.96 bits per heavy atom. The van der Waals surface area contributed by atoms with Gasteiger partial charge in [0.2, 0.25) is 0 Å². The average molecular weight is 370 g/mol. The highest BCUT2D eigenvalue weighted by Crippen LogP contribution is 2.29. The lowest BCUT2D eigenvalue weighted by Gasteiger charge is -2.02. The van der Waals surface area contributed by atoms with Gasteiger partial charge in [-0.1, -0.05) is 17.4 Å². The first-order chi connectivity index (χ1) is 12.6. The van der Waals surface area contributed by atoms with Crippen molar-refractivity contribution in [3.8, 4) is 5.13 Å². The molecule has 26 heavy (non-hydrogen) atoms. The number of rotatable bonds is 6. The number of amides is 1. The second kappa shape index (κ2) is 6.83. The van der Waals surface area contributed by atoms with Crippen LogP contribution >= 0.6 is 11.3 Å². The number of nitrogens with one attached hydrogen (secondary N) is 1. The van der Waals surface area contributed by atoms with E-state index in [2.05, 4.69) is 20.4 Å². The van der Waals surface area contributed by atoms with Crippen LogP contribution in [0.15, 0.2) is 35.5 Å². The minimum Gasteiger partial charge on any atom is -0.346 e. The van der Waals surface area contributed by atoms with E-state index in [1.54, 1.807) is 13.1 Å². The number of hydrogen-bond donors (Lipinski definition) is 1. The first kappa shape index (κ1) is 16.6. The van der Waals surface area contributed by atoms with Crippen molar-refractivity contribution in [1.29, 1.82) is 0 Å². The molecule has 0 unspecified atom stereocenters. The molecule has 1 aliphatic rings. The smallest absolute Gasteiger partial charge is 0.346 e. The van der Waals surface area contributed by atoms with Crippen molar-refractivity contribution < 1.29 is 4.79 Å². The number of pyridine rings is 1. The molecular formula is C17H18N6O2S. The number of thiazole rings is 1. The van der Waals surface area contributed by atoms with Crippen LogP contribution in [0.5, 0.6) is 0 Å². The van der Waals surface area contributed by atoms with Gasteiger partial charge in [0.1, 0.15) is 11.2 Å². The van der Waals surface area contributed by atoms with Crippen molar-refractivity contribution in [3.63, 3.8) is 0 Å². The summed E-state index contributed by atoms with van der Waals surface area (Å²) < 4.78 is 2.87. The second-order valence-corrected chi connectivity index (χ2v) is 7.30. The maximum atomic E-state index is 12.5. The first-order valence-corrected chi connectivity index (χ1v) is 9.24. The van der Waals surface area contributed by atoms with Gasteiger partial charge in [-0.15, -0.1) is 0 Å². The number of carbonyl (C=O) groups is 1. The SMILES string of the molecule is Cc1nc(-n2cnn(CC3CC3)c2=O)sc1C(=O)NCc1ccccn1. The van der Waals surface area contributed by atoms with E-state index in [1.807, 2.05) is 18.2 Å². The molecule has 1 aliphatic carbocycles. The molecule has 3 aromatic heterocycles. The van der Waals surface area contributed by atoms with Gasteiger partial charge in [0, 0.05) is 12.7 Å². The molecule has 0 radical (unpaired) electrons. The molecule has 1 fully saturated rings.